The monoisotopic (exact) mass is 491 g/mol. The van der Waals surface area contributed by atoms with Gasteiger partial charge in [0.05, 0.1) is 34.8 Å². The van der Waals surface area contributed by atoms with Gasteiger partial charge in [-0.3, -0.25) is 4.79 Å². The number of fused-ring (bicyclic) bond motifs is 1. The number of amides is 1. The van der Waals surface area contributed by atoms with Gasteiger partial charge in [0.15, 0.2) is 15.0 Å². The van der Waals surface area contributed by atoms with Gasteiger partial charge in [0.1, 0.15) is 0 Å². The number of carbonyl (C=O) groups is 1. The zero-order valence-electron chi connectivity index (χ0n) is 18.4. The number of benzene rings is 1. The molecule has 32 heavy (non-hydrogen) atoms. The lowest BCUT2D eigenvalue weighted by Gasteiger charge is -2.28. The second kappa shape index (κ2) is 9.97. The molecule has 2 aromatic heterocycles. The van der Waals surface area contributed by atoms with Crippen molar-refractivity contribution in [3.05, 3.63) is 46.7 Å². The summed E-state index contributed by atoms with van der Waals surface area (Å²) in [5.74, 6) is 0.993. The van der Waals surface area contributed by atoms with Crippen molar-refractivity contribution < 1.29 is 13.2 Å². The van der Waals surface area contributed by atoms with E-state index in [-0.39, 0.29) is 29.2 Å². The van der Waals surface area contributed by atoms with E-state index < -0.39 is 9.84 Å². The zero-order chi connectivity index (χ0) is 22.7. The third kappa shape index (κ3) is 5.55. The van der Waals surface area contributed by atoms with E-state index in [1.807, 2.05) is 35.7 Å². The maximum absolute atomic E-state index is 13.3. The summed E-state index contributed by atoms with van der Waals surface area (Å²) in [7, 11) is -3.07. The number of thiophene rings is 1. The van der Waals surface area contributed by atoms with Gasteiger partial charge in [-0.1, -0.05) is 43.8 Å². The summed E-state index contributed by atoms with van der Waals surface area (Å²) in [5, 5.41) is 2.82. The number of sulfone groups is 1. The Balaban J connectivity index is 1.52. The van der Waals surface area contributed by atoms with Crippen LogP contribution in [0.4, 0.5) is 0 Å². The summed E-state index contributed by atoms with van der Waals surface area (Å²) in [6.07, 6.45) is 1.54. The summed E-state index contributed by atoms with van der Waals surface area (Å²) in [5.41, 5.74) is 2.02. The number of nitrogens with zero attached hydrogens (tertiary/aromatic N) is 3. The number of carbonyl (C=O) groups excluding carboxylic acids is 1. The molecule has 1 fully saturated rings. The molecule has 172 valence electrons. The molecule has 3 heterocycles. The van der Waals surface area contributed by atoms with Crippen molar-refractivity contribution in [2.24, 2.45) is 5.92 Å². The fourth-order valence-electron chi connectivity index (χ4n) is 3.99. The minimum atomic E-state index is -3.07. The van der Waals surface area contributed by atoms with Crippen molar-refractivity contribution in [1.82, 2.24) is 14.5 Å². The average molecular weight is 492 g/mol. The minimum Gasteiger partial charge on any atom is -0.333 e. The third-order valence-electron chi connectivity index (χ3n) is 5.75. The van der Waals surface area contributed by atoms with E-state index in [2.05, 4.69) is 24.5 Å². The summed E-state index contributed by atoms with van der Waals surface area (Å²) in [6, 6.07) is 11.8. The highest BCUT2D eigenvalue weighted by Crippen LogP contribution is 2.27. The van der Waals surface area contributed by atoms with E-state index >= 15 is 0 Å². The normalized spacial score (nSPS) is 17.9. The van der Waals surface area contributed by atoms with Crippen LogP contribution in [-0.4, -0.2) is 52.1 Å². The smallest absolute Gasteiger partial charge is 0.233 e. The van der Waals surface area contributed by atoms with E-state index in [0.29, 0.717) is 18.9 Å². The SMILES string of the molecule is CC(C)CCn1c(SCC(=O)N(Cc2cccs2)C2CCS(=O)(=O)C2)nc2ccccc21. The second-order valence-electron chi connectivity index (χ2n) is 8.66. The Labute approximate surface area is 197 Å². The van der Waals surface area contributed by atoms with E-state index in [9.17, 15) is 13.2 Å². The lowest BCUT2D eigenvalue weighted by molar-refractivity contribution is -0.130. The molecule has 3 aromatic rings. The van der Waals surface area contributed by atoms with Crippen LogP contribution < -0.4 is 0 Å². The highest BCUT2D eigenvalue weighted by atomic mass is 32.2. The van der Waals surface area contributed by atoms with Gasteiger partial charge in [0, 0.05) is 17.5 Å². The van der Waals surface area contributed by atoms with Gasteiger partial charge >= 0.3 is 0 Å². The first-order valence-corrected chi connectivity index (χ1v) is 14.6. The topological polar surface area (TPSA) is 72.3 Å². The Morgan fingerprint density at radius 3 is 2.78 bits per heavy atom. The summed E-state index contributed by atoms with van der Waals surface area (Å²) in [4.78, 5) is 20.9. The highest BCUT2D eigenvalue weighted by Gasteiger charge is 2.35. The van der Waals surface area contributed by atoms with E-state index in [1.165, 1.54) is 11.8 Å². The molecule has 1 aliphatic heterocycles. The predicted octanol–water partition coefficient (Wildman–Crippen LogP) is 4.45. The Hall–Kier alpha value is -1.84. The Morgan fingerprint density at radius 1 is 1.28 bits per heavy atom. The minimum absolute atomic E-state index is 0.0343. The van der Waals surface area contributed by atoms with Gasteiger partial charge in [0.25, 0.3) is 0 Å². The first-order chi connectivity index (χ1) is 15.3. The summed E-state index contributed by atoms with van der Waals surface area (Å²) < 4.78 is 26.3. The van der Waals surface area contributed by atoms with E-state index in [0.717, 1.165) is 34.0 Å². The van der Waals surface area contributed by atoms with Gasteiger partial charge in [0.2, 0.25) is 5.91 Å². The first kappa shape index (κ1) is 23.3. The van der Waals surface area contributed by atoms with Crippen LogP contribution in [0.3, 0.4) is 0 Å². The van der Waals surface area contributed by atoms with Crippen LogP contribution in [-0.2, 0) is 27.7 Å². The number of thioether (sulfide) groups is 1. The number of para-hydroxylation sites is 2. The molecule has 1 aromatic carbocycles. The fourth-order valence-corrected chi connectivity index (χ4v) is 7.35. The number of rotatable bonds is 9. The maximum Gasteiger partial charge on any atom is 0.233 e. The Bertz CT molecular complexity index is 1170. The zero-order valence-corrected chi connectivity index (χ0v) is 20.9. The molecule has 0 saturated carbocycles. The van der Waals surface area contributed by atoms with Crippen LogP contribution in [0.2, 0.25) is 0 Å². The van der Waals surface area contributed by atoms with Gasteiger partial charge < -0.3 is 9.47 Å². The molecule has 4 rings (SSSR count). The molecular formula is C23H29N3O3S3. The predicted molar refractivity (Wildman–Crippen MR) is 132 cm³/mol. The van der Waals surface area contributed by atoms with Crippen molar-refractivity contribution >= 4 is 49.9 Å². The molecule has 0 aliphatic carbocycles. The Morgan fingerprint density at radius 2 is 2.09 bits per heavy atom. The lowest BCUT2D eigenvalue weighted by atomic mass is 10.1. The number of hydrogen-bond donors (Lipinski definition) is 0. The molecule has 1 aliphatic rings. The molecule has 1 saturated heterocycles. The number of hydrogen-bond acceptors (Lipinski definition) is 6. The molecule has 0 bridgehead atoms. The largest absolute Gasteiger partial charge is 0.333 e. The average Bonchev–Trinajstić information content (AvgIpc) is 3.47. The van der Waals surface area contributed by atoms with Crippen molar-refractivity contribution in [2.75, 3.05) is 17.3 Å². The number of aryl methyl sites for hydroxylation is 1. The van der Waals surface area contributed by atoms with Crippen molar-refractivity contribution in [1.29, 1.82) is 0 Å². The van der Waals surface area contributed by atoms with Gasteiger partial charge in [-0.15, -0.1) is 11.3 Å². The molecule has 1 atom stereocenters. The van der Waals surface area contributed by atoms with Gasteiger partial charge in [-0.2, -0.15) is 0 Å². The van der Waals surface area contributed by atoms with E-state index in [1.54, 1.807) is 16.2 Å². The van der Waals surface area contributed by atoms with E-state index in [4.69, 9.17) is 4.98 Å². The number of imidazole rings is 1. The molecule has 9 heteroatoms. The summed E-state index contributed by atoms with van der Waals surface area (Å²) in [6.45, 7) is 5.72. The Kier molecular flexibility index (Phi) is 7.27. The highest BCUT2D eigenvalue weighted by molar-refractivity contribution is 7.99. The second-order valence-corrected chi connectivity index (χ2v) is 12.9. The summed E-state index contributed by atoms with van der Waals surface area (Å²) >= 11 is 3.04. The molecular weight excluding hydrogens is 462 g/mol. The number of aromatic nitrogens is 2. The van der Waals surface area contributed by atoms with Crippen molar-refractivity contribution in [2.45, 2.75) is 51.0 Å². The molecule has 0 spiro atoms. The van der Waals surface area contributed by atoms with Gasteiger partial charge in [-0.05, 0) is 42.3 Å². The molecule has 0 radical (unpaired) electrons. The van der Waals surface area contributed by atoms with Crippen LogP contribution in [0.1, 0.15) is 31.6 Å². The van der Waals surface area contributed by atoms with Crippen molar-refractivity contribution in [3.63, 3.8) is 0 Å². The molecule has 1 unspecified atom stereocenters. The van der Waals surface area contributed by atoms with Gasteiger partial charge in [-0.25, -0.2) is 13.4 Å². The molecule has 0 N–H and O–H groups in total. The van der Waals surface area contributed by atoms with Crippen LogP contribution >= 0.6 is 23.1 Å². The lowest BCUT2D eigenvalue weighted by Crippen LogP contribution is -2.41. The first-order valence-electron chi connectivity index (χ1n) is 10.9. The van der Waals surface area contributed by atoms with Crippen LogP contribution in [0.5, 0.6) is 0 Å². The van der Waals surface area contributed by atoms with Crippen molar-refractivity contribution in [3.8, 4) is 0 Å². The quantitative estimate of drug-likeness (QED) is 0.414. The molecule has 6 nitrogen and oxygen atoms in total. The molecule has 1 amide bonds. The van der Waals surface area contributed by atoms with Crippen LogP contribution in [0.15, 0.2) is 46.9 Å². The fraction of sp³-hybridized carbons (Fsp3) is 0.478. The van der Waals surface area contributed by atoms with Crippen LogP contribution in [0.25, 0.3) is 11.0 Å². The standard InChI is InChI=1S/C23H29N3O3S3/c1-17(2)9-11-25-21-8-4-3-7-20(21)24-23(25)31-15-22(27)26(14-19-6-5-12-30-19)18-10-13-32(28,29)16-18/h3-8,12,17-18H,9-11,13-16H2,1-2H3. The maximum atomic E-state index is 13.3. The third-order valence-corrected chi connectivity index (χ3v) is 9.32. The van der Waals surface area contributed by atoms with Crippen LogP contribution in [0, 0.1) is 5.92 Å².